The number of amides is 3. The Morgan fingerprint density at radius 1 is 1.04 bits per heavy atom. The topological polar surface area (TPSA) is 168 Å². The van der Waals surface area contributed by atoms with Gasteiger partial charge in [0.15, 0.2) is 0 Å². The summed E-state index contributed by atoms with van der Waals surface area (Å²) in [7, 11) is -4.36. The number of benzene rings is 1. The predicted molar refractivity (Wildman–Crippen MR) is 77.0 cm³/mol. The summed E-state index contributed by atoms with van der Waals surface area (Å²) < 4.78 is 29.6. The van der Waals surface area contributed by atoms with Crippen molar-refractivity contribution < 1.29 is 37.5 Å². The van der Waals surface area contributed by atoms with Crippen molar-refractivity contribution in [2.24, 2.45) is 0 Å². The van der Waals surface area contributed by atoms with Gasteiger partial charge in [-0.2, -0.15) is 0 Å². The molecule has 0 unspecified atom stereocenters. The van der Waals surface area contributed by atoms with Crippen LogP contribution in [0.2, 0.25) is 0 Å². The zero-order valence-corrected chi connectivity index (χ0v) is 13.0. The Bertz CT molecular complexity index is 757. The molecule has 0 aliphatic heterocycles. The number of hydroxylamine groups is 1. The van der Waals surface area contributed by atoms with Crippen LogP contribution in [0, 0.1) is 0 Å². The molecule has 0 bridgehead atoms. The van der Waals surface area contributed by atoms with Crippen molar-refractivity contribution >= 4 is 39.4 Å². The van der Waals surface area contributed by atoms with Crippen LogP contribution in [0.4, 0.5) is 5.69 Å². The number of anilines is 1. The summed E-state index contributed by atoms with van der Waals surface area (Å²) in [6.45, 7) is 1.54. The van der Waals surface area contributed by atoms with Gasteiger partial charge >= 0.3 is 23.7 Å². The summed E-state index contributed by atoms with van der Waals surface area (Å²) in [5.74, 6) is -5.29. The first-order valence-corrected chi connectivity index (χ1v) is 7.79. The van der Waals surface area contributed by atoms with E-state index in [1.807, 2.05) is 0 Å². The normalized spacial score (nSPS) is 10.4. The number of carbonyl (C=O) groups is 4. The second kappa shape index (κ2) is 8.03. The molecule has 0 aromatic heterocycles. The molecule has 0 atom stereocenters. The van der Waals surface area contributed by atoms with Gasteiger partial charge in [0, 0.05) is 5.69 Å². The van der Waals surface area contributed by atoms with Crippen LogP contribution in [0.25, 0.3) is 0 Å². The molecular weight excluding hydrogens is 346 g/mol. The van der Waals surface area contributed by atoms with Crippen LogP contribution in [0.1, 0.15) is 6.92 Å². The van der Waals surface area contributed by atoms with Gasteiger partial charge in [-0.05, 0) is 31.2 Å². The number of hydrogen-bond acceptors (Lipinski definition) is 8. The molecule has 0 fully saturated rings. The molecule has 0 saturated carbocycles. The number of hydrogen-bond donors (Lipinski definition) is 4. The van der Waals surface area contributed by atoms with E-state index in [-0.39, 0.29) is 12.3 Å². The van der Waals surface area contributed by atoms with Crippen LogP contribution in [-0.2, 0) is 33.9 Å². The lowest BCUT2D eigenvalue weighted by Crippen LogP contribution is -2.41. The molecule has 0 spiro atoms. The van der Waals surface area contributed by atoms with E-state index in [2.05, 4.69) is 10.1 Å². The van der Waals surface area contributed by atoms with E-state index in [9.17, 15) is 27.6 Å². The highest BCUT2D eigenvalue weighted by Crippen LogP contribution is 2.14. The SMILES string of the molecule is CCOC(=O)C(=O)Nc1ccc(S(=O)(=O)NC(=O)C(=O)NO)cc1. The molecule has 0 aliphatic carbocycles. The molecule has 1 rings (SSSR count). The predicted octanol–water partition coefficient (Wildman–Crippen LogP) is -1.50. The smallest absolute Gasteiger partial charge is 0.397 e. The Morgan fingerprint density at radius 3 is 2.12 bits per heavy atom. The molecule has 11 nitrogen and oxygen atoms in total. The number of sulfonamides is 1. The van der Waals surface area contributed by atoms with Crippen molar-refractivity contribution in [2.45, 2.75) is 11.8 Å². The molecule has 0 radical (unpaired) electrons. The third kappa shape index (κ3) is 5.03. The zero-order chi connectivity index (χ0) is 18.3. The minimum atomic E-state index is -4.36. The monoisotopic (exact) mass is 359 g/mol. The molecule has 130 valence electrons. The van der Waals surface area contributed by atoms with Gasteiger partial charge in [0.2, 0.25) is 0 Å². The lowest BCUT2D eigenvalue weighted by molar-refractivity contribution is -0.152. The molecule has 0 heterocycles. The maximum atomic E-state index is 11.8. The Morgan fingerprint density at radius 2 is 1.62 bits per heavy atom. The van der Waals surface area contributed by atoms with E-state index in [0.29, 0.717) is 0 Å². The number of rotatable bonds is 4. The molecule has 1 aromatic carbocycles. The fraction of sp³-hybridized carbons (Fsp3) is 0.167. The Balaban J connectivity index is 2.83. The molecule has 0 aliphatic rings. The highest BCUT2D eigenvalue weighted by molar-refractivity contribution is 7.90. The van der Waals surface area contributed by atoms with Gasteiger partial charge in [0.05, 0.1) is 11.5 Å². The maximum absolute atomic E-state index is 11.8. The summed E-state index contributed by atoms with van der Waals surface area (Å²) in [4.78, 5) is 44.1. The van der Waals surface area contributed by atoms with Gasteiger partial charge in [-0.1, -0.05) is 0 Å². The first kappa shape index (κ1) is 19.1. The fourth-order valence-corrected chi connectivity index (χ4v) is 2.32. The summed E-state index contributed by atoms with van der Waals surface area (Å²) in [6, 6.07) is 4.35. The van der Waals surface area contributed by atoms with E-state index in [0.717, 1.165) is 29.7 Å². The minimum Gasteiger partial charge on any atom is -0.459 e. The fourth-order valence-electron chi connectivity index (χ4n) is 1.37. The standard InChI is InChI=1S/C12H13N3O8S/c1-2-23-12(19)11(18)13-7-3-5-8(6-4-7)24(21,22)15-10(17)9(16)14-20/h3-6,20H,2H2,1H3,(H,13,18)(H,14,16)(H,15,17). The third-order valence-electron chi connectivity index (χ3n) is 2.42. The van der Waals surface area contributed by atoms with Crippen molar-refractivity contribution in [3.8, 4) is 0 Å². The van der Waals surface area contributed by atoms with Gasteiger partial charge in [-0.25, -0.2) is 23.4 Å². The van der Waals surface area contributed by atoms with Crippen LogP contribution in [-0.4, -0.2) is 43.9 Å². The van der Waals surface area contributed by atoms with E-state index < -0.39 is 38.6 Å². The van der Waals surface area contributed by atoms with Crippen molar-refractivity contribution in [3.05, 3.63) is 24.3 Å². The first-order chi connectivity index (χ1) is 11.2. The van der Waals surface area contributed by atoms with Crippen molar-refractivity contribution in [3.63, 3.8) is 0 Å². The van der Waals surface area contributed by atoms with Crippen LogP contribution in [0.3, 0.4) is 0 Å². The highest BCUT2D eigenvalue weighted by atomic mass is 32.2. The van der Waals surface area contributed by atoms with E-state index in [1.165, 1.54) is 11.6 Å². The molecule has 12 heteroatoms. The number of ether oxygens (including phenoxy) is 1. The number of carbonyl (C=O) groups excluding carboxylic acids is 4. The van der Waals surface area contributed by atoms with Crippen LogP contribution < -0.4 is 15.5 Å². The minimum absolute atomic E-state index is 0.0184. The summed E-state index contributed by atoms with van der Waals surface area (Å²) in [5, 5.41) is 10.4. The van der Waals surface area contributed by atoms with Crippen molar-refractivity contribution in [1.82, 2.24) is 10.2 Å². The summed E-state index contributed by atoms with van der Waals surface area (Å²) >= 11 is 0. The van der Waals surface area contributed by atoms with Gasteiger partial charge in [-0.15, -0.1) is 0 Å². The van der Waals surface area contributed by atoms with Crippen LogP contribution in [0.15, 0.2) is 29.2 Å². The Labute approximate surface area is 136 Å². The van der Waals surface area contributed by atoms with Crippen LogP contribution in [0.5, 0.6) is 0 Å². The lowest BCUT2D eigenvalue weighted by atomic mass is 10.3. The highest BCUT2D eigenvalue weighted by Gasteiger charge is 2.22. The van der Waals surface area contributed by atoms with Gasteiger partial charge in [0.1, 0.15) is 0 Å². The summed E-state index contributed by atoms with van der Waals surface area (Å²) in [5.41, 5.74) is 1.09. The Hall–Kier alpha value is -2.99. The first-order valence-electron chi connectivity index (χ1n) is 6.30. The van der Waals surface area contributed by atoms with E-state index in [4.69, 9.17) is 5.21 Å². The van der Waals surface area contributed by atoms with Crippen molar-refractivity contribution in [2.75, 3.05) is 11.9 Å². The molecular formula is C12H13N3O8S. The molecule has 24 heavy (non-hydrogen) atoms. The van der Waals surface area contributed by atoms with E-state index in [1.54, 1.807) is 0 Å². The molecule has 0 saturated heterocycles. The lowest BCUT2D eigenvalue weighted by Gasteiger charge is -2.08. The second-order valence-electron chi connectivity index (χ2n) is 4.07. The van der Waals surface area contributed by atoms with Gasteiger partial charge < -0.3 is 10.1 Å². The number of nitrogens with one attached hydrogen (secondary N) is 3. The van der Waals surface area contributed by atoms with Gasteiger partial charge in [0.25, 0.3) is 10.0 Å². The molecule has 4 N–H and O–H groups in total. The second-order valence-corrected chi connectivity index (χ2v) is 5.76. The summed E-state index contributed by atoms with van der Waals surface area (Å²) in [6.07, 6.45) is 0. The quantitative estimate of drug-likeness (QED) is 0.218. The van der Waals surface area contributed by atoms with Crippen LogP contribution >= 0.6 is 0 Å². The molecule has 1 aromatic rings. The maximum Gasteiger partial charge on any atom is 0.397 e. The molecule has 3 amide bonds. The van der Waals surface area contributed by atoms with E-state index >= 15 is 0 Å². The average Bonchev–Trinajstić information content (AvgIpc) is 2.54. The van der Waals surface area contributed by atoms with Crippen molar-refractivity contribution in [1.29, 1.82) is 0 Å². The zero-order valence-electron chi connectivity index (χ0n) is 12.2. The Kier molecular flexibility index (Phi) is 6.38. The van der Waals surface area contributed by atoms with Gasteiger partial charge in [-0.3, -0.25) is 19.6 Å². The largest absolute Gasteiger partial charge is 0.459 e. The average molecular weight is 359 g/mol. The number of esters is 1. The third-order valence-corrected chi connectivity index (χ3v) is 3.77.